The minimum absolute atomic E-state index is 0.0783. The lowest BCUT2D eigenvalue weighted by atomic mass is 10.2. The van der Waals surface area contributed by atoms with E-state index in [2.05, 4.69) is 0 Å². The van der Waals surface area contributed by atoms with Crippen molar-refractivity contribution in [1.82, 2.24) is 4.90 Å². The van der Waals surface area contributed by atoms with Gasteiger partial charge in [-0.05, 0) is 27.2 Å². The fourth-order valence-electron chi connectivity index (χ4n) is 1.36. The highest BCUT2D eigenvalue weighted by Crippen LogP contribution is 2.11. The van der Waals surface area contributed by atoms with Crippen LogP contribution in [-0.2, 0) is 14.3 Å². The molecule has 0 saturated carbocycles. The van der Waals surface area contributed by atoms with Gasteiger partial charge in [0.1, 0.15) is 12.2 Å². The highest BCUT2D eigenvalue weighted by Gasteiger charge is 2.24. The first kappa shape index (κ1) is 13.0. The van der Waals surface area contributed by atoms with Crippen LogP contribution in [0.2, 0.25) is 0 Å². The Morgan fingerprint density at radius 2 is 2.12 bits per heavy atom. The van der Waals surface area contributed by atoms with Crippen LogP contribution in [0.15, 0.2) is 0 Å². The number of hydrogen-bond acceptors (Lipinski definition) is 4. The number of amides is 1. The van der Waals surface area contributed by atoms with Gasteiger partial charge in [0, 0.05) is 13.2 Å². The Morgan fingerprint density at radius 1 is 1.44 bits per heavy atom. The summed E-state index contributed by atoms with van der Waals surface area (Å²) in [6, 6.07) is 0. The number of Topliss-reactive ketones (excluding diaryl/α,β-unsaturated/α-hetero) is 1. The Hall–Kier alpha value is -1.10. The SMILES string of the molecule is CC(C)(C)OC(=O)N1CCCOCC(=O)C1. The van der Waals surface area contributed by atoms with Crippen LogP contribution in [0.1, 0.15) is 27.2 Å². The zero-order valence-corrected chi connectivity index (χ0v) is 10.1. The van der Waals surface area contributed by atoms with Gasteiger partial charge in [-0.25, -0.2) is 4.79 Å². The van der Waals surface area contributed by atoms with Gasteiger partial charge >= 0.3 is 6.09 Å². The summed E-state index contributed by atoms with van der Waals surface area (Å²) in [7, 11) is 0. The van der Waals surface area contributed by atoms with Crippen molar-refractivity contribution in [2.45, 2.75) is 32.8 Å². The Bertz CT molecular complexity index is 270. The van der Waals surface area contributed by atoms with Crippen molar-refractivity contribution in [3.05, 3.63) is 0 Å². The molecule has 0 aromatic carbocycles. The number of carbonyl (C=O) groups excluding carboxylic acids is 2. The van der Waals surface area contributed by atoms with Crippen molar-refractivity contribution < 1.29 is 19.1 Å². The zero-order chi connectivity index (χ0) is 12.2. The molecule has 16 heavy (non-hydrogen) atoms. The van der Waals surface area contributed by atoms with E-state index in [0.717, 1.165) is 6.42 Å². The fraction of sp³-hybridized carbons (Fsp3) is 0.818. The molecule has 92 valence electrons. The van der Waals surface area contributed by atoms with Crippen molar-refractivity contribution in [2.75, 3.05) is 26.3 Å². The summed E-state index contributed by atoms with van der Waals surface area (Å²) in [5.41, 5.74) is -0.529. The van der Waals surface area contributed by atoms with Gasteiger partial charge in [-0.1, -0.05) is 0 Å². The third kappa shape index (κ3) is 4.61. The van der Waals surface area contributed by atoms with Crippen LogP contribution in [-0.4, -0.2) is 48.7 Å². The first-order valence-corrected chi connectivity index (χ1v) is 5.46. The predicted molar refractivity (Wildman–Crippen MR) is 58.3 cm³/mol. The second kappa shape index (κ2) is 5.30. The highest BCUT2D eigenvalue weighted by molar-refractivity contribution is 5.85. The molecule has 0 aromatic heterocycles. The van der Waals surface area contributed by atoms with Crippen molar-refractivity contribution in [3.8, 4) is 0 Å². The first-order valence-electron chi connectivity index (χ1n) is 5.46. The standard InChI is InChI=1S/C11H19NO4/c1-11(2,3)16-10(14)12-5-4-6-15-8-9(13)7-12/h4-8H2,1-3H3. The molecule has 1 aliphatic heterocycles. The maximum absolute atomic E-state index is 11.7. The summed E-state index contributed by atoms with van der Waals surface area (Å²) in [5.74, 6) is -0.0921. The molecule has 0 aromatic rings. The Labute approximate surface area is 95.7 Å². The average Bonchev–Trinajstić information content (AvgIpc) is 2.07. The number of nitrogens with zero attached hydrogens (tertiary/aromatic N) is 1. The van der Waals surface area contributed by atoms with E-state index >= 15 is 0 Å². The fourth-order valence-corrected chi connectivity index (χ4v) is 1.36. The van der Waals surface area contributed by atoms with Gasteiger partial charge in [-0.15, -0.1) is 0 Å². The van der Waals surface area contributed by atoms with E-state index in [1.807, 2.05) is 0 Å². The van der Waals surface area contributed by atoms with Gasteiger partial charge in [-0.3, -0.25) is 4.79 Å². The van der Waals surface area contributed by atoms with Crippen LogP contribution >= 0.6 is 0 Å². The van der Waals surface area contributed by atoms with Gasteiger partial charge in [0.15, 0.2) is 5.78 Å². The van der Waals surface area contributed by atoms with E-state index in [0.29, 0.717) is 13.2 Å². The van der Waals surface area contributed by atoms with Crippen LogP contribution in [0.3, 0.4) is 0 Å². The monoisotopic (exact) mass is 229 g/mol. The minimum atomic E-state index is -0.529. The number of ketones is 1. The largest absolute Gasteiger partial charge is 0.444 e. The smallest absolute Gasteiger partial charge is 0.410 e. The Balaban J connectivity index is 2.55. The lowest BCUT2D eigenvalue weighted by Crippen LogP contribution is -2.42. The molecule has 0 N–H and O–H groups in total. The molecule has 1 heterocycles. The maximum atomic E-state index is 11.7. The molecule has 5 heteroatoms. The third-order valence-corrected chi connectivity index (χ3v) is 2.00. The number of ether oxygens (including phenoxy) is 2. The molecule has 0 radical (unpaired) electrons. The minimum Gasteiger partial charge on any atom is -0.444 e. The molecule has 5 nitrogen and oxygen atoms in total. The van der Waals surface area contributed by atoms with E-state index in [9.17, 15) is 9.59 Å². The van der Waals surface area contributed by atoms with Gasteiger partial charge in [-0.2, -0.15) is 0 Å². The molecular formula is C11H19NO4. The summed E-state index contributed by atoms with van der Waals surface area (Å²) >= 11 is 0. The second-order valence-electron chi connectivity index (χ2n) is 4.85. The van der Waals surface area contributed by atoms with Crippen molar-refractivity contribution in [1.29, 1.82) is 0 Å². The summed E-state index contributed by atoms with van der Waals surface area (Å²) in [4.78, 5) is 24.5. The highest BCUT2D eigenvalue weighted by atomic mass is 16.6. The molecule has 1 rings (SSSR count). The lowest BCUT2D eigenvalue weighted by Gasteiger charge is -2.28. The predicted octanol–water partition coefficient (Wildman–Crippen LogP) is 1.21. The average molecular weight is 229 g/mol. The molecule has 1 aliphatic rings. The maximum Gasteiger partial charge on any atom is 0.410 e. The third-order valence-electron chi connectivity index (χ3n) is 2.00. The van der Waals surface area contributed by atoms with E-state index in [1.54, 1.807) is 20.8 Å². The van der Waals surface area contributed by atoms with Crippen LogP contribution < -0.4 is 0 Å². The molecule has 0 unspecified atom stereocenters. The topological polar surface area (TPSA) is 55.8 Å². The Morgan fingerprint density at radius 3 is 2.75 bits per heavy atom. The van der Waals surface area contributed by atoms with Gasteiger partial charge in [0.25, 0.3) is 0 Å². The molecule has 0 bridgehead atoms. The van der Waals surface area contributed by atoms with Crippen LogP contribution in [0.5, 0.6) is 0 Å². The van der Waals surface area contributed by atoms with Crippen molar-refractivity contribution >= 4 is 11.9 Å². The molecule has 1 saturated heterocycles. The number of carbonyl (C=O) groups is 2. The van der Waals surface area contributed by atoms with Gasteiger partial charge in [0.05, 0.1) is 6.54 Å². The van der Waals surface area contributed by atoms with E-state index in [-0.39, 0.29) is 18.9 Å². The first-order chi connectivity index (χ1) is 7.38. The molecule has 0 atom stereocenters. The van der Waals surface area contributed by atoms with Gasteiger partial charge in [0.2, 0.25) is 0 Å². The summed E-state index contributed by atoms with van der Waals surface area (Å²) in [6.45, 7) is 6.58. The Kier molecular flexibility index (Phi) is 4.29. The quantitative estimate of drug-likeness (QED) is 0.626. The van der Waals surface area contributed by atoms with Gasteiger partial charge < -0.3 is 14.4 Å². The number of rotatable bonds is 0. The lowest BCUT2D eigenvalue weighted by molar-refractivity contribution is -0.126. The normalized spacial score (nSPS) is 18.9. The summed E-state index contributed by atoms with van der Waals surface area (Å²) in [6.07, 6.45) is 0.301. The molecular weight excluding hydrogens is 210 g/mol. The van der Waals surface area contributed by atoms with E-state index in [4.69, 9.17) is 9.47 Å². The molecule has 1 fully saturated rings. The molecule has 0 aliphatic carbocycles. The van der Waals surface area contributed by atoms with E-state index in [1.165, 1.54) is 4.90 Å². The molecule has 1 amide bonds. The summed E-state index contributed by atoms with van der Waals surface area (Å²) < 4.78 is 10.3. The van der Waals surface area contributed by atoms with Crippen LogP contribution in [0, 0.1) is 0 Å². The molecule has 0 spiro atoms. The van der Waals surface area contributed by atoms with Crippen molar-refractivity contribution in [2.24, 2.45) is 0 Å². The second-order valence-corrected chi connectivity index (χ2v) is 4.85. The van der Waals surface area contributed by atoms with Crippen LogP contribution in [0.4, 0.5) is 4.79 Å². The zero-order valence-electron chi connectivity index (χ0n) is 10.1. The number of hydrogen-bond donors (Lipinski definition) is 0. The van der Waals surface area contributed by atoms with E-state index < -0.39 is 11.7 Å². The summed E-state index contributed by atoms with van der Waals surface area (Å²) in [5, 5.41) is 0. The van der Waals surface area contributed by atoms with Crippen molar-refractivity contribution in [3.63, 3.8) is 0 Å². The van der Waals surface area contributed by atoms with Crippen LogP contribution in [0.25, 0.3) is 0 Å².